The van der Waals surface area contributed by atoms with Gasteiger partial charge in [-0.15, -0.1) is 0 Å². The van der Waals surface area contributed by atoms with Crippen molar-refractivity contribution in [2.75, 3.05) is 45.9 Å². The molecule has 2 aliphatic rings. The summed E-state index contributed by atoms with van der Waals surface area (Å²) in [5.74, 6) is -0.0359. The largest absolute Gasteiger partial charge is 0.379 e. The number of nitrogens with one attached hydrogen (secondary N) is 1. The van der Waals surface area contributed by atoms with Gasteiger partial charge >= 0.3 is 0 Å². The Balaban J connectivity index is 1.20. The molecule has 236 valence electrons. The number of hydrogen-bond donors (Lipinski definition) is 2. The summed E-state index contributed by atoms with van der Waals surface area (Å²) in [6.07, 6.45) is 1.77. The maximum atomic E-state index is 12.6. The molecule has 0 bridgehead atoms. The molecule has 3 heterocycles. The Morgan fingerprint density at radius 3 is 2.29 bits per heavy atom. The lowest BCUT2D eigenvalue weighted by Crippen LogP contribution is -2.40. The van der Waals surface area contributed by atoms with E-state index in [-0.39, 0.29) is 12.5 Å². The molecule has 0 radical (unpaired) electrons. The average Bonchev–Trinajstić information content (AvgIpc) is 3.44. The van der Waals surface area contributed by atoms with E-state index in [0.29, 0.717) is 18.1 Å². The van der Waals surface area contributed by atoms with Crippen molar-refractivity contribution in [1.29, 1.82) is 0 Å². The Morgan fingerprint density at radius 1 is 0.889 bits per heavy atom. The highest BCUT2D eigenvalue weighted by Gasteiger charge is 2.28. The summed E-state index contributed by atoms with van der Waals surface area (Å²) in [6.45, 7) is 8.11. The van der Waals surface area contributed by atoms with E-state index in [1.54, 1.807) is 0 Å². The van der Waals surface area contributed by atoms with Gasteiger partial charge in [0, 0.05) is 91.2 Å². The molecule has 6 rings (SSSR count). The first-order valence-electron chi connectivity index (χ1n) is 15.7. The number of halogens is 2. The molecule has 4 aromatic rings. The van der Waals surface area contributed by atoms with E-state index in [0.717, 1.165) is 98.3 Å². The molecule has 2 aliphatic heterocycles. The number of nitrogens with zero attached hydrogens (tertiary/aromatic N) is 4. The zero-order valence-electron chi connectivity index (χ0n) is 25.5. The fourth-order valence-corrected chi connectivity index (χ4v) is 6.52. The van der Waals surface area contributed by atoms with Gasteiger partial charge in [0.1, 0.15) is 0 Å². The van der Waals surface area contributed by atoms with E-state index in [1.165, 1.54) is 16.8 Å². The van der Waals surface area contributed by atoms with E-state index >= 15 is 0 Å². The number of fused-ring (bicyclic) bond motifs is 1. The van der Waals surface area contributed by atoms with Crippen LogP contribution in [0.25, 0.3) is 22.4 Å². The van der Waals surface area contributed by atoms with Crippen LogP contribution in [0.5, 0.6) is 0 Å². The molecular weight excluding hydrogens is 607 g/mol. The van der Waals surface area contributed by atoms with Gasteiger partial charge < -0.3 is 20.7 Å². The van der Waals surface area contributed by atoms with Gasteiger partial charge in [0.05, 0.1) is 25.5 Å². The lowest BCUT2D eigenvalue weighted by atomic mass is 9.97. The highest BCUT2D eigenvalue weighted by Crippen LogP contribution is 2.36. The Bertz CT molecular complexity index is 1600. The first-order chi connectivity index (χ1) is 22.0. The van der Waals surface area contributed by atoms with Gasteiger partial charge in [-0.25, -0.2) is 0 Å². The molecule has 45 heavy (non-hydrogen) atoms. The maximum absolute atomic E-state index is 12.6. The van der Waals surface area contributed by atoms with Crippen LogP contribution in [-0.4, -0.2) is 71.4 Å². The number of carbonyl (C=O) groups excluding carboxylic acids is 1. The summed E-state index contributed by atoms with van der Waals surface area (Å²) in [5, 5.41) is 10.1. The molecule has 0 spiro atoms. The minimum atomic E-state index is -0.0359. The summed E-state index contributed by atoms with van der Waals surface area (Å²) >= 11 is 12.8. The highest BCUT2D eigenvalue weighted by molar-refractivity contribution is 6.33. The van der Waals surface area contributed by atoms with Crippen LogP contribution in [-0.2, 0) is 42.1 Å². The second-order valence-electron chi connectivity index (χ2n) is 11.7. The quantitative estimate of drug-likeness (QED) is 0.228. The van der Waals surface area contributed by atoms with Crippen LogP contribution < -0.4 is 11.1 Å². The van der Waals surface area contributed by atoms with E-state index in [4.69, 9.17) is 38.8 Å². The summed E-state index contributed by atoms with van der Waals surface area (Å²) in [5.41, 5.74) is 14.3. The van der Waals surface area contributed by atoms with Crippen LogP contribution in [0.2, 0.25) is 10.0 Å². The van der Waals surface area contributed by atoms with Crippen LogP contribution in [0, 0.1) is 0 Å². The highest BCUT2D eigenvalue weighted by atomic mass is 35.5. The van der Waals surface area contributed by atoms with E-state index in [9.17, 15) is 4.79 Å². The third-order valence-electron chi connectivity index (χ3n) is 8.69. The Morgan fingerprint density at radius 2 is 1.58 bits per heavy atom. The third kappa shape index (κ3) is 7.77. The van der Waals surface area contributed by atoms with Gasteiger partial charge in [0.15, 0.2) is 0 Å². The molecule has 1 fully saturated rings. The van der Waals surface area contributed by atoms with Crippen molar-refractivity contribution >= 4 is 29.1 Å². The SMILES string of the molecule is NCC(=O)N1CCc2c(c(-c3ccc(Cl)c(-c4ccc(CNCc5ccc(Cl)cc5)cc4)c3)nn2CCCN2CCOCC2)C1. The zero-order valence-corrected chi connectivity index (χ0v) is 27.0. The second kappa shape index (κ2) is 14.9. The zero-order chi connectivity index (χ0) is 31.2. The van der Waals surface area contributed by atoms with Crippen LogP contribution in [0.3, 0.4) is 0 Å². The number of carbonyl (C=O) groups is 1. The number of rotatable bonds is 11. The second-order valence-corrected chi connectivity index (χ2v) is 12.5. The molecule has 1 saturated heterocycles. The Hall–Kier alpha value is -3.24. The minimum Gasteiger partial charge on any atom is -0.379 e. The lowest BCUT2D eigenvalue weighted by molar-refractivity contribution is -0.130. The molecule has 8 nitrogen and oxygen atoms in total. The first kappa shape index (κ1) is 31.7. The minimum absolute atomic E-state index is 0.0100. The average molecular weight is 648 g/mol. The molecule has 3 N–H and O–H groups in total. The first-order valence-corrected chi connectivity index (χ1v) is 16.4. The summed E-state index contributed by atoms with van der Waals surface area (Å²) in [4.78, 5) is 16.9. The fraction of sp³-hybridized carbons (Fsp3) is 0.371. The number of hydrogen-bond acceptors (Lipinski definition) is 6. The predicted octanol–water partition coefficient (Wildman–Crippen LogP) is 5.38. The van der Waals surface area contributed by atoms with Crippen LogP contribution in [0.4, 0.5) is 0 Å². The fourth-order valence-electron chi connectivity index (χ4n) is 6.17. The van der Waals surface area contributed by atoms with Crippen LogP contribution in [0.15, 0.2) is 66.7 Å². The van der Waals surface area contributed by atoms with Gasteiger partial charge in [-0.2, -0.15) is 5.10 Å². The normalized spacial score (nSPS) is 15.3. The van der Waals surface area contributed by atoms with Crippen molar-refractivity contribution in [3.63, 3.8) is 0 Å². The maximum Gasteiger partial charge on any atom is 0.236 e. The van der Waals surface area contributed by atoms with Crippen molar-refractivity contribution in [3.8, 4) is 22.4 Å². The monoisotopic (exact) mass is 646 g/mol. The van der Waals surface area contributed by atoms with Crippen molar-refractivity contribution in [2.45, 2.75) is 39.0 Å². The van der Waals surface area contributed by atoms with E-state index < -0.39 is 0 Å². The third-order valence-corrected chi connectivity index (χ3v) is 9.27. The summed E-state index contributed by atoms with van der Waals surface area (Å²) in [7, 11) is 0. The number of aromatic nitrogens is 2. The number of amides is 1. The van der Waals surface area contributed by atoms with Crippen molar-refractivity contribution in [3.05, 3.63) is 99.2 Å². The summed E-state index contributed by atoms with van der Waals surface area (Å²) in [6, 6.07) is 22.5. The number of nitrogens with two attached hydrogens (primary N) is 1. The molecule has 10 heteroatoms. The lowest BCUT2D eigenvalue weighted by Gasteiger charge is -2.28. The Kier molecular flexibility index (Phi) is 10.5. The number of aryl methyl sites for hydroxylation is 1. The predicted molar refractivity (Wildman–Crippen MR) is 180 cm³/mol. The number of morpholine rings is 1. The van der Waals surface area contributed by atoms with E-state index in [1.807, 2.05) is 41.3 Å². The molecule has 1 amide bonds. The van der Waals surface area contributed by atoms with E-state index in [2.05, 4.69) is 45.2 Å². The van der Waals surface area contributed by atoms with Gasteiger partial charge in [0.25, 0.3) is 0 Å². The molecule has 0 atom stereocenters. The summed E-state index contributed by atoms with van der Waals surface area (Å²) < 4.78 is 7.67. The van der Waals surface area contributed by atoms with Crippen molar-refractivity contribution in [2.24, 2.45) is 5.73 Å². The van der Waals surface area contributed by atoms with Gasteiger partial charge in [-0.3, -0.25) is 14.4 Å². The molecular formula is C35H40Cl2N6O2. The number of ether oxygens (including phenoxy) is 1. The molecule has 0 unspecified atom stereocenters. The van der Waals surface area contributed by atoms with Crippen molar-refractivity contribution in [1.82, 2.24) is 24.9 Å². The van der Waals surface area contributed by atoms with Gasteiger partial charge in [0.2, 0.25) is 5.91 Å². The Labute approximate surface area is 275 Å². The smallest absolute Gasteiger partial charge is 0.236 e. The van der Waals surface area contributed by atoms with Crippen LogP contribution in [0.1, 0.15) is 28.8 Å². The standard InChI is InChI=1S/C35H40Cl2N6O2/c36-29-9-4-26(5-10-29)23-39-22-25-2-6-27(7-3-25)30-20-28(8-11-32(30)37)35-31-24-42(34(44)21-38)15-12-33(31)43(40-35)14-1-13-41-16-18-45-19-17-41/h2-11,20,39H,1,12-19,21-24,38H2. The molecule has 1 aromatic heterocycles. The van der Waals surface area contributed by atoms with Crippen LogP contribution >= 0.6 is 23.2 Å². The number of benzene rings is 3. The molecule has 0 aliphatic carbocycles. The van der Waals surface area contributed by atoms with Crippen molar-refractivity contribution < 1.29 is 9.53 Å². The topological polar surface area (TPSA) is 88.7 Å². The molecule has 0 saturated carbocycles. The van der Waals surface area contributed by atoms with Gasteiger partial charge in [-0.05, 0) is 47.4 Å². The van der Waals surface area contributed by atoms with Gasteiger partial charge in [-0.1, -0.05) is 65.7 Å². The molecule has 3 aromatic carbocycles.